The van der Waals surface area contributed by atoms with Crippen LogP contribution in [0, 0.1) is 17.8 Å². The molecule has 4 aliphatic carbocycles. The van der Waals surface area contributed by atoms with Crippen molar-refractivity contribution in [2.24, 2.45) is 17.8 Å². The average Bonchev–Trinajstić information content (AvgIpc) is 3.21. The Morgan fingerprint density at radius 1 is 0.786 bits per heavy atom. The summed E-state index contributed by atoms with van der Waals surface area (Å²) in [6, 6.07) is 32.2. The summed E-state index contributed by atoms with van der Waals surface area (Å²) in [4.78, 5) is 15.7. The zero-order valence-corrected chi connectivity index (χ0v) is 32.8. The Morgan fingerprint density at radius 3 is 2.09 bits per heavy atom. The van der Waals surface area contributed by atoms with Gasteiger partial charge in [-0.2, -0.15) is 0 Å². The molecule has 3 unspecified atom stereocenters. The van der Waals surface area contributed by atoms with Crippen LogP contribution in [0.4, 0.5) is 4.79 Å². The molecule has 4 aromatic rings. The number of nitrogens with zero attached hydrogens (tertiary/aromatic N) is 1. The third-order valence-electron chi connectivity index (χ3n) is 13.5. The molecule has 2 saturated heterocycles. The number of nitrogens with one attached hydrogen (secondary N) is 2. The summed E-state index contributed by atoms with van der Waals surface area (Å²) in [6.07, 6.45) is 8.60. The van der Waals surface area contributed by atoms with E-state index in [-0.39, 0.29) is 30.4 Å². The highest BCUT2D eigenvalue weighted by molar-refractivity contribution is 6.30. The highest BCUT2D eigenvalue weighted by atomic mass is 35.5. The van der Waals surface area contributed by atoms with Gasteiger partial charge < -0.3 is 35.2 Å². The first-order valence-corrected chi connectivity index (χ1v) is 21.0. The van der Waals surface area contributed by atoms with Crippen LogP contribution in [-0.4, -0.2) is 52.4 Å². The van der Waals surface area contributed by atoms with Gasteiger partial charge in [-0.05, 0) is 115 Å². The molecule has 0 radical (unpaired) electrons. The van der Waals surface area contributed by atoms with Gasteiger partial charge in [0.15, 0.2) is 6.29 Å². The first kappa shape index (κ1) is 37.8. The maximum Gasteiger partial charge on any atom is 0.315 e. The number of hydrogen-bond acceptors (Lipinski definition) is 6. The van der Waals surface area contributed by atoms with E-state index in [0.717, 1.165) is 95.6 Å². The van der Waals surface area contributed by atoms with Crippen molar-refractivity contribution in [3.63, 3.8) is 0 Å². The minimum absolute atomic E-state index is 0.00191. The fraction of sp³-hybridized carbons (Fsp3) is 0.468. The van der Waals surface area contributed by atoms with Crippen molar-refractivity contribution in [2.45, 2.75) is 101 Å². The lowest BCUT2D eigenvalue weighted by Crippen LogP contribution is -2.61. The monoisotopic (exact) mass is 775 g/mol. The van der Waals surface area contributed by atoms with Crippen molar-refractivity contribution >= 4 is 17.6 Å². The number of halogens is 1. The van der Waals surface area contributed by atoms with Gasteiger partial charge in [0.1, 0.15) is 0 Å². The molecule has 2 aliphatic heterocycles. The summed E-state index contributed by atoms with van der Waals surface area (Å²) in [6.45, 7) is 2.70. The molecule has 0 aromatic heterocycles. The Balaban J connectivity index is 0.868. The number of carbonyl (C=O) groups is 1. The Bertz CT molecular complexity index is 1940. The van der Waals surface area contributed by atoms with Crippen molar-refractivity contribution in [2.75, 3.05) is 19.6 Å². The lowest BCUT2D eigenvalue weighted by Gasteiger charge is -2.56. The molecular formula is C47H54ClN3O5. The second kappa shape index (κ2) is 15.9. The molecule has 4 bridgehead atoms. The standard InChI is InChI=1S/C47H54ClN3O5/c48-40-15-13-39(14-16-40)47(54)17-19-51(20-18-47)29-41-24-43(36-7-5-31(30-52)6-8-36)56-44(55-41)37-11-9-35(10-12-37)42-4-2-1-3-38(42)28-49-45(53)50-46-25-32-21-33(26-46)23-34(22-32)27-46/h1-16,32-34,41,43-44,52,54H,17-30H2,(H2,49,50,53). The lowest BCUT2D eigenvalue weighted by molar-refractivity contribution is -0.253. The predicted molar refractivity (Wildman–Crippen MR) is 218 cm³/mol. The van der Waals surface area contributed by atoms with E-state index in [1.807, 2.05) is 60.7 Å². The average molecular weight is 776 g/mol. The Morgan fingerprint density at radius 2 is 1.43 bits per heavy atom. The molecule has 56 heavy (non-hydrogen) atoms. The number of benzene rings is 4. The molecule has 3 atom stereocenters. The fourth-order valence-corrected chi connectivity index (χ4v) is 11.1. The number of aliphatic hydroxyl groups is 2. The van der Waals surface area contributed by atoms with E-state index in [9.17, 15) is 15.0 Å². The van der Waals surface area contributed by atoms with E-state index in [1.165, 1.54) is 19.3 Å². The van der Waals surface area contributed by atoms with Gasteiger partial charge in [0.25, 0.3) is 0 Å². The third-order valence-corrected chi connectivity index (χ3v) is 13.8. The van der Waals surface area contributed by atoms with Gasteiger partial charge >= 0.3 is 6.03 Å². The zero-order valence-electron chi connectivity index (χ0n) is 32.0. The molecule has 6 aliphatic rings. The molecule has 4 aromatic carbocycles. The van der Waals surface area contributed by atoms with Crippen LogP contribution in [0.3, 0.4) is 0 Å². The minimum Gasteiger partial charge on any atom is -0.392 e. The molecular weight excluding hydrogens is 722 g/mol. The molecule has 4 N–H and O–H groups in total. The van der Waals surface area contributed by atoms with Gasteiger partial charge in [0, 0.05) is 48.7 Å². The zero-order chi connectivity index (χ0) is 38.3. The number of carbonyl (C=O) groups excluding carboxylic acids is 1. The van der Waals surface area contributed by atoms with E-state index in [1.54, 1.807) is 0 Å². The second-order valence-electron chi connectivity index (χ2n) is 17.5. The number of aliphatic hydroxyl groups excluding tert-OH is 1. The molecule has 8 nitrogen and oxygen atoms in total. The highest BCUT2D eigenvalue weighted by Gasteiger charge is 2.51. The van der Waals surface area contributed by atoms with Crippen molar-refractivity contribution in [3.05, 3.63) is 130 Å². The maximum absolute atomic E-state index is 13.3. The van der Waals surface area contributed by atoms with Gasteiger partial charge in [0.2, 0.25) is 0 Å². The number of hydrogen-bond donors (Lipinski definition) is 4. The number of amides is 2. The highest BCUT2D eigenvalue weighted by Crippen LogP contribution is 2.55. The van der Waals surface area contributed by atoms with E-state index in [2.05, 4.69) is 51.9 Å². The SMILES string of the molecule is O=C(NCc1ccccc1-c1ccc(C2OC(CN3CCC(O)(c4ccc(Cl)cc4)CC3)CC(c3ccc(CO)cc3)O2)cc1)NC12CC3CC(CC(C3)C1)C2. The number of ether oxygens (including phenoxy) is 2. The van der Waals surface area contributed by atoms with Crippen LogP contribution < -0.4 is 10.6 Å². The minimum atomic E-state index is -0.867. The van der Waals surface area contributed by atoms with Crippen LogP contribution in [-0.2, 0) is 28.2 Å². The van der Waals surface area contributed by atoms with Gasteiger partial charge in [-0.3, -0.25) is 0 Å². The summed E-state index contributed by atoms with van der Waals surface area (Å²) in [7, 11) is 0. The molecule has 4 saturated carbocycles. The number of rotatable bonds is 10. The summed E-state index contributed by atoms with van der Waals surface area (Å²) in [5, 5.41) is 28.5. The van der Waals surface area contributed by atoms with E-state index >= 15 is 0 Å². The summed E-state index contributed by atoms with van der Waals surface area (Å²) >= 11 is 6.12. The molecule has 2 heterocycles. The first-order valence-electron chi connectivity index (χ1n) is 20.7. The number of urea groups is 1. The second-order valence-corrected chi connectivity index (χ2v) is 17.9. The first-order chi connectivity index (χ1) is 27.2. The smallest absolute Gasteiger partial charge is 0.315 e. The van der Waals surface area contributed by atoms with Crippen LogP contribution in [0.1, 0.15) is 98.0 Å². The summed E-state index contributed by atoms with van der Waals surface area (Å²) in [5.41, 5.74) is 6.12. The van der Waals surface area contributed by atoms with Crippen molar-refractivity contribution < 1.29 is 24.5 Å². The number of likely N-dealkylation sites (tertiary alicyclic amines) is 1. The topological polar surface area (TPSA) is 103 Å². The third kappa shape index (κ3) is 8.15. The Hall–Kier alpha value is -3.76. The molecule has 0 spiro atoms. The van der Waals surface area contributed by atoms with Crippen LogP contribution in [0.2, 0.25) is 5.02 Å². The Kier molecular flexibility index (Phi) is 10.7. The van der Waals surface area contributed by atoms with Crippen LogP contribution in [0.15, 0.2) is 97.1 Å². The van der Waals surface area contributed by atoms with Gasteiger partial charge in [-0.15, -0.1) is 0 Å². The maximum atomic E-state index is 13.3. The van der Waals surface area contributed by atoms with Crippen LogP contribution in [0.5, 0.6) is 0 Å². The predicted octanol–water partition coefficient (Wildman–Crippen LogP) is 8.80. The summed E-state index contributed by atoms with van der Waals surface area (Å²) < 4.78 is 13.4. The number of piperidine rings is 1. The van der Waals surface area contributed by atoms with E-state index < -0.39 is 11.9 Å². The van der Waals surface area contributed by atoms with Gasteiger partial charge in [0.05, 0.1) is 24.4 Å². The molecule has 10 rings (SSSR count). The van der Waals surface area contributed by atoms with E-state index in [4.69, 9.17) is 21.1 Å². The molecule has 2 amide bonds. The molecule has 9 heteroatoms. The molecule has 294 valence electrons. The van der Waals surface area contributed by atoms with E-state index in [0.29, 0.717) is 30.8 Å². The lowest BCUT2D eigenvalue weighted by atomic mass is 9.53. The molecule has 6 fully saturated rings. The normalized spacial score (nSPS) is 29.6. The van der Waals surface area contributed by atoms with Crippen molar-refractivity contribution in [3.8, 4) is 11.1 Å². The quantitative estimate of drug-likeness (QED) is 0.129. The summed E-state index contributed by atoms with van der Waals surface area (Å²) in [5.74, 6) is 2.34. The van der Waals surface area contributed by atoms with Gasteiger partial charge in [-0.1, -0.05) is 96.5 Å². The van der Waals surface area contributed by atoms with Crippen LogP contribution >= 0.6 is 11.6 Å². The van der Waals surface area contributed by atoms with Gasteiger partial charge in [-0.25, -0.2) is 4.79 Å². The van der Waals surface area contributed by atoms with Crippen LogP contribution in [0.25, 0.3) is 11.1 Å². The van der Waals surface area contributed by atoms with Crippen molar-refractivity contribution in [1.29, 1.82) is 0 Å². The largest absolute Gasteiger partial charge is 0.392 e. The Labute approximate surface area is 335 Å². The van der Waals surface area contributed by atoms with Crippen molar-refractivity contribution in [1.82, 2.24) is 15.5 Å². The fourth-order valence-electron chi connectivity index (χ4n) is 11.0.